The number of carbonyl (C=O) groups excluding carboxylic acids is 2. The highest BCUT2D eigenvalue weighted by atomic mass is 16.6. The van der Waals surface area contributed by atoms with E-state index in [4.69, 9.17) is 29.4 Å². The number of aromatic amines is 1. The Bertz CT molecular complexity index is 1550. The van der Waals surface area contributed by atoms with E-state index in [9.17, 15) is 9.59 Å². The quantitative estimate of drug-likeness (QED) is 0.238. The zero-order valence-electron chi connectivity index (χ0n) is 25.0. The number of esters is 2. The van der Waals surface area contributed by atoms with Crippen molar-refractivity contribution < 1.29 is 33.3 Å². The predicted octanol–water partition coefficient (Wildman–Crippen LogP) is 4.14. The number of nitrogen functional groups attached to an aromatic ring is 1. The van der Waals surface area contributed by atoms with Gasteiger partial charge in [0, 0.05) is 48.9 Å². The molecule has 2 fully saturated rings. The number of hydrogen-bond acceptors (Lipinski definition) is 9. The fourth-order valence-electron chi connectivity index (χ4n) is 7.57. The molecule has 3 aromatic rings. The molecule has 2 aliphatic heterocycles. The summed E-state index contributed by atoms with van der Waals surface area (Å²) in [6, 6.07) is 11.6. The molecule has 43 heavy (non-hydrogen) atoms. The molecule has 0 spiro atoms. The Balaban J connectivity index is 1.24. The second-order valence-corrected chi connectivity index (χ2v) is 11.6. The summed E-state index contributed by atoms with van der Waals surface area (Å²) in [5.74, 6) is 0.132. The maximum atomic E-state index is 13.3. The molecule has 10 heteroatoms. The number of methoxy groups -OCH3 is 4. The molecule has 10 nitrogen and oxygen atoms in total. The van der Waals surface area contributed by atoms with Gasteiger partial charge in [-0.15, -0.1) is 0 Å². The number of hydrogen-bond donors (Lipinski definition) is 2. The maximum absolute atomic E-state index is 13.3. The lowest BCUT2D eigenvalue weighted by atomic mass is 9.63. The van der Waals surface area contributed by atoms with Gasteiger partial charge in [-0.3, -0.25) is 9.69 Å². The van der Waals surface area contributed by atoms with Crippen LogP contribution < -0.4 is 15.2 Å². The van der Waals surface area contributed by atoms with Crippen LogP contribution in [-0.4, -0.2) is 75.6 Å². The number of ether oxygens (including phenoxy) is 5. The summed E-state index contributed by atoms with van der Waals surface area (Å²) < 4.78 is 27.8. The molecule has 1 aliphatic carbocycles. The van der Waals surface area contributed by atoms with Crippen molar-refractivity contribution in [3.8, 4) is 11.5 Å². The number of anilines is 1. The van der Waals surface area contributed by atoms with Gasteiger partial charge in [0.1, 0.15) is 23.7 Å². The first kappa shape index (κ1) is 29.1. The monoisotopic (exact) mass is 589 g/mol. The molecule has 0 bridgehead atoms. The number of nitrogens with zero attached hydrogens (tertiary/aromatic N) is 1. The zero-order valence-corrected chi connectivity index (χ0v) is 25.0. The molecule has 1 saturated carbocycles. The average molecular weight is 590 g/mol. The number of benzene rings is 2. The molecule has 6 atom stereocenters. The maximum Gasteiger partial charge on any atom is 0.331 e. The minimum atomic E-state index is -0.621. The number of nitrogens with two attached hydrogens (primary N) is 1. The lowest BCUT2D eigenvalue weighted by Gasteiger charge is -2.52. The average Bonchev–Trinajstić information content (AvgIpc) is 3.40. The van der Waals surface area contributed by atoms with Crippen molar-refractivity contribution in [3.63, 3.8) is 0 Å². The lowest BCUT2D eigenvalue weighted by molar-refractivity contribution is -0.187. The van der Waals surface area contributed by atoms with Crippen LogP contribution in [-0.2, 0) is 30.2 Å². The van der Waals surface area contributed by atoms with Crippen LogP contribution in [0.3, 0.4) is 0 Å². The van der Waals surface area contributed by atoms with E-state index in [1.807, 2.05) is 18.2 Å². The third-order valence-electron chi connectivity index (χ3n) is 9.53. The van der Waals surface area contributed by atoms with Crippen molar-refractivity contribution in [2.75, 3.05) is 47.3 Å². The number of piperidine rings is 1. The van der Waals surface area contributed by atoms with Crippen LogP contribution in [0, 0.1) is 17.8 Å². The second kappa shape index (κ2) is 11.9. The van der Waals surface area contributed by atoms with Crippen LogP contribution in [0.1, 0.15) is 35.7 Å². The minimum absolute atomic E-state index is 0.0123. The van der Waals surface area contributed by atoms with E-state index in [1.165, 1.54) is 29.8 Å². The van der Waals surface area contributed by atoms with Gasteiger partial charge < -0.3 is 34.4 Å². The smallest absolute Gasteiger partial charge is 0.331 e. The molecule has 0 unspecified atom stereocenters. The van der Waals surface area contributed by atoms with Crippen LogP contribution in [0.4, 0.5) is 5.69 Å². The summed E-state index contributed by atoms with van der Waals surface area (Å²) in [6.45, 7) is 1.72. The highest BCUT2D eigenvalue weighted by Gasteiger charge is 2.54. The molecule has 6 rings (SSSR count). The number of carbonyl (C=O) groups is 2. The third kappa shape index (κ3) is 5.34. The van der Waals surface area contributed by atoms with Crippen molar-refractivity contribution in [1.29, 1.82) is 0 Å². The van der Waals surface area contributed by atoms with Gasteiger partial charge in [0.2, 0.25) is 0 Å². The van der Waals surface area contributed by atoms with Gasteiger partial charge in [0.05, 0.1) is 39.0 Å². The first-order chi connectivity index (χ1) is 20.8. The van der Waals surface area contributed by atoms with Crippen molar-refractivity contribution in [2.45, 2.75) is 37.5 Å². The minimum Gasteiger partial charge on any atom is -0.497 e. The molecule has 0 radical (unpaired) electrons. The van der Waals surface area contributed by atoms with Gasteiger partial charge in [-0.25, -0.2) is 4.79 Å². The van der Waals surface area contributed by atoms with E-state index in [1.54, 1.807) is 39.5 Å². The van der Waals surface area contributed by atoms with E-state index >= 15 is 0 Å². The Morgan fingerprint density at radius 3 is 2.60 bits per heavy atom. The fourth-order valence-corrected chi connectivity index (χ4v) is 7.57. The first-order valence-electron chi connectivity index (χ1n) is 14.7. The molecule has 0 amide bonds. The van der Waals surface area contributed by atoms with Crippen molar-refractivity contribution in [2.24, 2.45) is 17.8 Å². The Kier molecular flexibility index (Phi) is 8.07. The standard InChI is InChI=1S/C33H39N3O7/c1-39-20-7-8-21-22-11-12-36-17-19-14-28(43-29(37)10-6-18-5-9-27(40-2)24(34)13-18)32(41-3)30(33(38)42-4)23(19)16-26(36)31(22)35-25(21)15-20/h5-10,13,15,19,23,26,28,30,32,35H,11-12,14,16-17,34H2,1-4H3/b10-6+/t19-,23+,26-,28-,30+,32+/m1/s1. The SMILES string of the molecule is COC(=O)[C@H]1[C@H]2C[C@@H]3c4[nH]c5cc(OC)ccc5c4CCN3C[C@H]2C[C@@H](OC(=O)/C=C/c2ccc(OC)c(N)c2)[C@@H]1OC. The van der Waals surface area contributed by atoms with Gasteiger partial charge in [-0.05, 0) is 72.6 Å². The molecule has 228 valence electrons. The highest BCUT2D eigenvalue weighted by Crippen LogP contribution is 2.50. The normalized spacial score (nSPS) is 26.8. The van der Waals surface area contributed by atoms with Gasteiger partial charge >= 0.3 is 11.9 Å². The van der Waals surface area contributed by atoms with Gasteiger partial charge in [0.15, 0.2) is 0 Å². The van der Waals surface area contributed by atoms with E-state index < -0.39 is 24.1 Å². The van der Waals surface area contributed by atoms with Crippen LogP contribution in [0.5, 0.6) is 11.5 Å². The lowest BCUT2D eigenvalue weighted by Crippen LogP contribution is -2.58. The molecule has 3 aliphatic rings. The summed E-state index contributed by atoms with van der Waals surface area (Å²) in [6.07, 6.45) is 4.13. The Hall–Kier alpha value is -4.02. The molecular formula is C33H39N3O7. The van der Waals surface area contributed by atoms with Gasteiger partial charge in [0.25, 0.3) is 0 Å². The van der Waals surface area contributed by atoms with Crippen LogP contribution in [0.2, 0.25) is 0 Å². The fraction of sp³-hybridized carbons (Fsp3) is 0.455. The van der Waals surface area contributed by atoms with E-state index in [-0.39, 0.29) is 23.8 Å². The number of rotatable bonds is 7. The number of H-pyrrole nitrogens is 1. The zero-order chi connectivity index (χ0) is 30.2. The molecule has 3 N–H and O–H groups in total. The topological polar surface area (TPSA) is 125 Å². The number of nitrogens with one attached hydrogen (secondary N) is 1. The van der Waals surface area contributed by atoms with E-state index in [0.717, 1.165) is 42.8 Å². The first-order valence-corrected chi connectivity index (χ1v) is 14.7. The Labute approximate surface area is 251 Å². The molecule has 1 saturated heterocycles. The van der Waals surface area contributed by atoms with Crippen molar-refractivity contribution in [1.82, 2.24) is 9.88 Å². The van der Waals surface area contributed by atoms with Gasteiger partial charge in [-0.2, -0.15) is 0 Å². The molecule has 3 heterocycles. The Morgan fingerprint density at radius 2 is 1.88 bits per heavy atom. The summed E-state index contributed by atoms with van der Waals surface area (Å²) in [4.78, 5) is 32.5. The van der Waals surface area contributed by atoms with Crippen molar-refractivity contribution >= 4 is 34.6 Å². The summed E-state index contributed by atoms with van der Waals surface area (Å²) in [5, 5.41) is 1.22. The van der Waals surface area contributed by atoms with Crippen molar-refractivity contribution in [3.05, 3.63) is 59.3 Å². The largest absolute Gasteiger partial charge is 0.497 e. The molecule has 1 aromatic heterocycles. The summed E-state index contributed by atoms with van der Waals surface area (Å²) in [7, 11) is 6.20. The molecule has 2 aromatic carbocycles. The summed E-state index contributed by atoms with van der Waals surface area (Å²) >= 11 is 0. The Morgan fingerprint density at radius 1 is 1.05 bits per heavy atom. The predicted molar refractivity (Wildman–Crippen MR) is 162 cm³/mol. The number of fused-ring (bicyclic) bond motifs is 6. The van der Waals surface area contributed by atoms with E-state index in [2.05, 4.69) is 16.0 Å². The van der Waals surface area contributed by atoms with Gasteiger partial charge in [-0.1, -0.05) is 6.07 Å². The molecular weight excluding hydrogens is 550 g/mol. The summed E-state index contributed by atoms with van der Waals surface area (Å²) in [5.41, 5.74) is 10.8. The van der Waals surface area contributed by atoms with E-state index in [0.29, 0.717) is 17.9 Å². The van der Waals surface area contributed by atoms with Crippen LogP contribution >= 0.6 is 0 Å². The van der Waals surface area contributed by atoms with Crippen LogP contribution in [0.15, 0.2) is 42.5 Å². The number of aromatic nitrogens is 1. The third-order valence-corrected chi connectivity index (χ3v) is 9.53. The van der Waals surface area contributed by atoms with Crippen LogP contribution in [0.25, 0.3) is 17.0 Å². The highest BCUT2D eigenvalue weighted by molar-refractivity contribution is 5.88. The second-order valence-electron chi connectivity index (χ2n) is 11.6.